The second-order valence-corrected chi connectivity index (χ2v) is 5.44. The number of carboxylic acids is 3. The highest BCUT2D eigenvalue weighted by Crippen LogP contribution is 2.09. The minimum absolute atomic E-state index is 0.376. The van der Waals surface area contributed by atoms with Gasteiger partial charge in [0.15, 0.2) is 0 Å². The summed E-state index contributed by atoms with van der Waals surface area (Å²) < 4.78 is 0. The maximum absolute atomic E-state index is 10.6. The molecule has 0 aliphatic carbocycles. The van der Waals surface area contributed by atoms with Crippen LogP contribution >= 0.6 is 11.8 Å². The van der Waals surface area contributed by atoms with Crippen molar-refractivity contribution in [3.05, 3.63) is 12.2 Å². The fourth-order valence-corrected chi connectivity index (χ4v) is 1.74. The van der Waals surface area contributed by atoms with Gasteiger partial charge in [-0.1, -0.05) is 0 Å². The maximum atomic E-state index is 10.6. The number of hydrogen-bond acceptors (Lipinski definition) is 6. The molecule has 126 valence electrons. The fourth-order valence-electron chi connectivity index (χ4n) is 0.799. The average molecular weight is 335 g/mol. The molecule has 1 atom stereocenters. The van der Waals surface area contributed by atoms with Gasteiger partial charge in [-0.2, -0.15) is 11.8 Å². The summed E-state index contributed by atoms with van der Waals surface area (Å²) in [6, 6.07) is 0. The molecule has 0 amide bonds. The van der Waals surface area contributed by atoms with Crippen LogP contribution < -0.4 is 11.1 Å². The molecule has 0 spiro atoms. The van der Waals surface area contributed by atoms with E-state index in [0.29, 0.717) is 30.3 Å². The number of nitrogens with two attached hydrogens (primary N) is 1. The highest BCUT2D eigenvalue weighted by Gasteiger charge is 2.27. The van der Waals surface area contributed by atoms with Crippen LogP contribution in [0.1, 0.15) is 13.8 Å². The third-order valence-corrected chi connectivity index (χ3v) is 3.19. The van der Waals surface area contributed by atoms with Crippen LogP contribution in [0.5, 0.6) is 0 Å². The van der Waals surface area contributed by atoms with Crippen LogP contribution in [-0.4, -0.2) is 62.7 Å². The number of carbonyl (C=O) groups is 3. The molecule has 0 saturated heterocycles. The Morgan fingerprint density at radius 2 is 1.68 bits per heavy atom. The summed E-state index contributed by atoms with van der Waals surface area (Å²) in [5, 5.41) is 34.2. The first kappa shape index (κ1) is 22.2. The van der Waals surface area contributed by atoms with Crippen molar-refractivity contribution in [2.75, 3.05) is 18.1 Å². The Bertz CT molecular complexity index is 421. The van der Waals surface area contributed by atoms with Crippen molar-refractivity contribution in [2.24, 2.45) is 5.73 Å². The van der Waals surface area contributed by atoms with Crippen molar-refractivity contribution in [1.29, 1.82) is 5.41 Å². The highest BCUT2D eigenvalue weighted by atomic mass is 32.2. The largest absolute Gasteiger partial charge is 0.480 e. The monoisotopic (exact) mass is 335 g/mol. The van der Waals surface area contributed by atoms with Gasteiger partial charge in [-0.25, -0.2) is 9.59 Å². The summed E-state index contributed by atoms with van der Waals surface area (Å²) in [6.45, 7) is 3.82. The lowest BCUT2D eigenvalue weighted by atomic mass is 10.1. The van der Waals surface area contributed by atoms with Crippen molar-refractivity contribution in [3.63, 3.8) is 0 Å². The summed E-state index contributed by atoms with van der Waals surface area (Å²) in [5.74, 6) is -1.96. The normalized spacial score (nSPS) is 12.7. The first-order valence-corrected chi connectivity index (χ1v) is 7.17. The number of nitrogens with one attached hydrogen (secondary N) is 2. The Hall–Kier alpha value is -2.07. The van der Waals surface area contributed by atoms with Gasteiger partial charge in [-0.05, 0) is 13.8 Å². The molecule has 0 rings (SSSR count). The van der Waals surface area contributed by atoms with Gasteiger partial charge < -0.3 is 26.4 Å². The van der Waals surface area contributed by atoms with Gasteiger partial charge in [0, 0.05) is 30.2 Å². The Kier molecular flexibility index (Phi) is 11.7. The van der Waals surface area contributed by atoms with Crippen LogP contribution in [0, 0.1) is 5.41 Å². The minimum atomic E-state index is -1.26. The molecule has 0 heterocycles. The molecule has 22 heavy (non-hydrogen) atoms. The molecular formula is C12H21N3O6S. The molecule has 10 heteroatoms. The molecular weight excluding hydrogens is 314 g/mol. The number of amidine groups is 1. The average Bonchev–Trinajstić information content (AvgIpc) is 2.36. The number of aliphatic carboxylic acids is 3. The van der Waals surface area contributed by atoms with Crippen LogP contribution in [0.3, 0.4) is 0 Å². The number of rotatable bonds is 8. The Balaban J connectivity index is 0. The third kappa shape index (κ3) is 16.0. The molecule has 0 aliphatic rings. The van der Waals surface area contributed by atoms with E-state index in [1.807, 2.05) is 0 Å². The van der Waals surface area contributed by atoms with Crippen molar-refractivity contribution in [2.45, 2.75) is 19.4 Å². The molecule has 0 aromatic heterocycles. The van der Waals surface area contributed by atoms with Gasteiger partial charge in [-0.3, -0.25) is 10.2 Å². The molecule has 0 unspecified atom stereocenters. The van der Waals surface area contributed by atoms with Crippen LogP contribution in [0.25, 0.3) is 0 Å². The summed E-state index contributed by atoms with van der Waals surface area (Å²) >= 11 is 1.47. The van der Waals surface area contributed by atoms with Gasteiger partial charge in [0.25, 0.3) is 0 Å². The van der Waals surface area contributed by atoms with Crippen LogP contribution in [0.2, 0.25) is 0 Å². The summed E-state index contributed by atoms with van der Waals surface area (Å²) in [5.41, 5.74) is 4.36. The lowest BCUT2D eigenvalue weighted by Crippen LogP contribution is -2.47. The van der Waals surface area contributed by atoms with Crippen molar-refractivity contribution in [1.82, 2.24) is 5.32 Å². The second kappa shape index (κ2) is 11.6. The van der Waals surface area contributed by atoms with Crippen LogP contribution in [0.15, 0.2) is 12.2 Å². The van der Waals surface area contributed by atoms with Crippen LogP contribution in [0.4, 0.5) is 0 Å². The Morgan fingerprint density at radius 3 is 2.00 bits per heavy atom. The van der Waals surface area contributed by atoms with Gasteiger partial charge >= 0.3 is 17.9 Å². The van der Waals surface area contributed by atoms with E-state index in [4.69, 9.17) is 26.5 Å². The van der Waals surface area contributed by atoms with E-state index in [2.05, 4.69) is 5.32 Å². The van der Waals surface area contributed by atoms with Gasteiger partial charge in [0.2, 0.25) is 0 Å². The molecule has 0 saturated carbocycles. The molecule has 7 N–H and O–H groups in total. The second-order valence-electron chi connectivity index (χ2n) is 4.34. The molecule has 0 bridgehead atoms. The predicted octanol–water partition coefficient (Wildman–Crippen LogP) is -0.180. The van der Waals surface area contributed by atoms with Crippen molar-refractivity contribution < 1.29 is 29.7 Å². The Morgan fingerprint density at radius 1 is 1.23 bits per heavy atom. The van der Waals surface area contributed by atoms with E-state index in [-0.39, 0.29) is 0 Å². The highest BCUT2D eigenvalue weighted by molar-refractivity contribution is 7.99. The van der Waals surface area contributed by atoms with E-state index < -0.39 is 23.4 Å². The number of thioether (sulfide) groups is 1. The lowest BCUT2D eigenvalue weighted by molar-refractivity contribution is -0.141. The van der Waals surface area contributed by atoms with E-state index in [1.54, 1.807) is 6.92 Å². The zero-order valence-electron chi connectivity index (χ0n) is 12.3. The minimum Gasteiger partial charge on any atom is -0.480 e. The lowest BCUT2D eigenvalue weighted by Gasteiger charge is -2.18. The first-order chi connectivity index (χ1) is 9.99. The molecule has 9 nitrogen and oxygen atoms in total. The van der Waals surface area contributed by atoms with Crippen LogP contribution in [-0.2, 0) is 14.4 Å². The summed E-state index contributed by atoms with van der Waals surface area (Å²) in [6.07, 6.45) is 1.12. The quantitative estimate of drug-likeness (QED) is 0.152. The molecule has 0 aromatic carbocycles. The standard InChI is InChI=1S/C8H17N3O2S.C4H4O4/c1-6(9)11-3-4-14-5-8(2,10)7(12)13;5-3(6)1-2-4(7)8/h3-5,10H2,1-2H3,(H2,9,11)(H,12,13);1-2H,(H,5,6)(H,7,8)/b;2-1-/t8-;/m0./s1. The first-order valence-electron chi connectivity index (χ1n) is 6.02. The Labute approximate surface area is 132 Å². The molecule has 0 aliphatic heterocycles. The van der Waals surface area contributed by atoms with E-state index in [9.17, 15) is 14.4 Å². The van der Waals surface area contributed by atoms with E-state index in [0.717, 1.165) is 5.75 Å². The summed E-state index contributed by atoms with van der Waals surface area (Å²) in [4.78, 5) is 29.7. The number of carboxylic acid groups (broad SMARTS) is 3. The van der Waals surface area contributed by atoms with E-state index in [1.165, 1.54) is 18.7 Å². The van der Waals surface area contributed by atoms with Gasteiger partial charge in [0.1, 0.15) is 5.54 Å². The predicted molar refractivity (Wildman–Crippen MR) is 83.4 cm³/mol. The SMILES string of the molecule is CC(=N)NCCSC[C@](C)(N)C(=O)O.O=C(O)/C=C\C(=O)O. The zero-order chi connectivity index (χ0) is 17.8. The maximum Gasteiger partial charge on any atom is 0.328 e. The van der Waals surface area contributed by atoms with Gasteiger partial charge in [-0.15, -0.1) is 0 Å². The van der Waals surface area contributed by atoms with Crippen molar-refractivity contribution in [3.8, 4) is 0 Å². The fraction of sp³-hybridized carbons (Fsp3) is 0.500. The van der Waals surface area contributed by atoms with Gasteiger partial charge in [0.05, 0.1) is 5.84 Å². The third-order valence-electron chi connectivity index (χ3n) is 1.90. The zero-order valence-corrected chi connectivity index (χ0v) is 13.1. The van der Waals surface area contributed by atoms with E-state index >= 15 is 0 Å². The molecule has 0 fully saturated rings. The summed E-state index contributed by atoms with van der Waals surface area (Å²) in [7, 11) is 0. The topological polar surface area (TPSA) is 174 Å². The molecule has 0 aromatic rings. The molecule has 0 radical (unpaired) electrons. The van der Waals surface area contributed by atoms with Crippen molar-refractivity contribution >= 4 is 35.5 Å². The number of hydrogen-bond donors (Lipinski definition) is 6. The smallest absolute Gasteiger partial charge is 0.328 e.